The van der Waals surface area contributed by atoms with E-state index in [1.165, 1.54) is 0 Å². The summed E-state index contributed by atoms with van der Waals surface area (Å²) >= 11 is 0. The van der Waals surface area contributed by atoms with Crippen LogP contribution >= 0.6 is 0 Å². The lowest BCUT2D eigenvalue weighted by Crippen LogP contribution is -2.40. The third-order valence-electron chi connectivity index (χ3n) is 7.35. The summed E-state index contributed by atoms with van der Waals surface area (Å²) in [4.78, 5) is 13.6. The second kappa shape index (κ2) is 11.3. The Morgan fingerprint density at radius 3 is 2.57 bits per heavy atom. The Hall–Kier alpha value is -3.45. The molecule has 192 valence electrons. The van der Waals surface area contributed by atoms with Gasteiger partial charge >= 0.3 is 0 Å². The van der Waals surface area contributed by atoms with Crippen molar-refractivity contribution in [3.05, 3.63) is 107 Å². The van der Waals surface area contributed by atoms with Crippen LogP contribution in [0.3, 0.4) is 0 Å². The maximum Gasteiger partial charge on any atom is 0.224 e. The van der Waals surface area contributed by atoms with Gasteiger partial charge in [0, 0.05) is 31.6 Å². The highest BCUT2D eigenvalue weighted by Crippen LogP contribution is 2.32. The highest BCUT2D eigenvalue weighted by molar-refractivity contribution is 5.81. The molecule has 37 heavy (non-hydrogen) atoms. The van der Waals surface area contributed by atoms with Gasteiger partial charge in [-0.3, -0.25) is 4.79 Å². The number of amides is 1. The zero-order valence-electron chi connectivity index (χ0n) is 21.1. The van der Waals surface area contributed by atoms with Crippen molar-refractivity contribution in [2.75, 3.05) is 7.11 Å². The van der Waals surface area contributed by atoms with Gasteiger partial charge in [0.1, 0.15) is 6.73 Å². The average molecular weight is 499 g/mol. The topological polar surface area (TPSA) is 83.7 Å². The summed E-state index contributed by atoms with van der Waals surface area (Å²) in [7, 11) is 1.66. The SMILES string of the molecule is COCn1c(C[C@H](O)C[C@@H](Cc2ccccc2)C(=O)N[C@H]2c3ccccc3C[C@H]2O)cc2ccccc21. The molecule has 0 saturated carbocycles. The van der Waals surface area contributed by atoms with Crippen LogP contribution in [0.4, 0.5) is 0 Å². The van der Waals surface area contributed by atoms with Crippen molar-refractivity contribution in [1.29, 1.82) is 0 Å². The van der Waals surface area contributed by atoms with Gasteiger partial charge in [-0.1, -0.05) is 72.8 Å². The minimum absolute atomic E-state index is 0.152. The average Bonchev–Trinajstić information content (AvgIpc) is 3.41. The lowest BCUT2D eigenvalue weighted by molar-refractivity contribution is -0.127. The largest absolute Gasteiger partial charge is 0.393 e. The van der Waals surface area contributed by atoms with Crippen molar-refractivity contribution in [1.82, 2.24) is 9.88 Å². The Bertz CT molecular complexity index is 1350. The van der Waals surface area contributed by atoms with E-state index in [0.717, 1.165) is 33.3 Å². The molecule has 0 radical (unpaired) electrons. The first-order valence-electron chi connectivity index (χ1n) is 12.9. The number of benzene rings is 3. The van der Waals surface area contributed by atoms with E-state index in [1.54, 1.807) is 7.11 Å². The number of hydrogen-bond acceptors (Lipinski definition) is 4. The second-order valence-corrected chi connectivity index (χ2v) is 9.98. The summed E-state index contributed by atoms with van der Waals surface area (Å²) in [5.74, 6) is -0.598. The maximum atomic E-state index is 13.6. The van der Waals surface area contributed by atoms with Gasteiger partial charge in [0.05, 0.1) is 23.8 Å². The molecular weight excluding hydrogens is 464 g/mol. The Morgan fingerprint density at radius 2 is 1.76 bits per heavy atom. The van der Waals surface area contributed by atoms with Gasteiger partial charge in [-0.15, -0.1) is 0 Å². The Labute approximate surface area is 217 Å². The van der Waals surface area contributed by atoms with Gasteiger partial charge in [-0.2, -0.15) is 0 Å². The number of rotatable bonds is 10. The third-order valence-corrected chi connectivity index (χ3v) is 7.35. The zero-order chi connectivity index (χ0) is 25.8. The predicted octanol–water partition coefficient (Wildman–Crippen LogP) is 4.17. The van der Waals surface area contributed by atoms with Gasteiger partial charge in [0.25, 0.3) is 0 Å². The number of ether oxygens (including phenoxy) is 1. The lowest BCUT2D eigenvalue weighted by atomic mass is 9.91. The molecule has 0 saturated heterocycles. The quantitative estimate of drug-likeness (QED) is 0.306. The molecule has 3 N–H and O–H groups in total. The van der Waals surface area contributed by atoms with Gasteiger partial charge in [0.15, 0.2) is 0 Å². The number of nitrogens with zero attached hydrogens (tertiary/aromatic N) is 1. The number of hydrogen-bond donors (Lipinski definition) is 3. The van der Waals surface area contributed by atoms with Crippen LogP contribution in [0.5, 0.6) is 0 Å². The van der Waals surface area contributed by atoms with Crippen molar-refractivity contribution >= 4 is 16.8 Å². The molecule has 0 fully saturated rings. The molecule has 0 unspecified atom stereocenters. The maximum absolute atomic E-state index is 13.6. The number of aliphatic hydroxyl groups excluding tert-OH is 2. The Balaban J connectivity index is 1.35. The smallest absolute Gasteiger partial charge is 0.224 e. The molecule has 1 heterocycles. The van der Waals surface area contributed by atoms with Crippen LogP contribution in [0.25, 0.3) is 10.9 Å². The molecule has 0 bridgehead atoms. The zero-order valence-corrected chi connectivity index (χ0v) is 21.1. The monoisotopic (exact) mass is 498 g/mol. The first-order chi connectivity index (χ1) is 18.0. The van der Waals surface area contributed by atoms with Crippen molar-refractivity contribution in [3.63, 3.8) is 0 Å². The van der Waals surface area contributed by atoms with Crippen molar-refractivity contribution in [2.45, 2.75) is 50.7 Å². The summed E-state index contributed by atoms with van der Waals surface area (Å²) in [6.45, 7) is 0.391. The number of aliphatic hydroxyl groups is 2. The number of aromatic nitrogens is 1. The Kier molecular flexibility index (Phi) is 7.70. The summed E-state index contributed by atoms with van der Waals surface area (Å²) in [5.41, 5.74) is 5.08. The summed E-state index contributed by atoms with van der Waals surface area (Å²) in [6.07, 6.45) is 0.367. The predicted molar refractivity (Wildman–Crippen MR) is 144 cm³/mol. The van der Waals surface area contributed by atoms with E-state index in [0.29, 0.717) is 32.4 Å². The fourth-order valence-corrected chi connectivity index (χ4v) is 5.57. The van der Waals surface area contributed by atoms with E-state index >= 15 is 0 Å². The van der Waals surface area contributed by atoms with E-state index in [2.05, 4.69) is 16.0 Å². The van der Waals surface area contributed by atoms with Gasteiger partial charge in [-0.25, -0.2) is 0 Å². The molecule has 4 aromatic rings. The second-order valence-electron chi connectivity index (χ2n) is 9.98. The van der Waals surface area contributed by atoms with Crippen LogP contribution in [0.2, 0.25) is 0 Å². The number of carbonyl (C=O) groups excluding carboxylic acids is 1. The molecule has 0 spiro atoms. The van der Waals surface area contributed by atoms with Crippen LogP contribution in [0, 0.1) is 5.92 Å². The summed E-state index contributed by atoms with van der Waals surface area (Å²) in [6, 6.07) is 27.4. The number of para-hydroxylation sites is 1. The number of methoxy groups -OCH3 is 1. The first-order valence-corrected chi connectivity index (χ1v) is 12.9. The van der Waals surface area contributed by atoms with Gasteiger partial charge < -0.3 is 24.8 Å². The number of nitrogens with one attached hydrogen (secondary N) is 1. The van der Waals surface area contributed by atoms with E-state index in [-0.39, 0.29) is 5.91 Å². The van der Waals surface area contributed by atoms with Crippen molar-refractivity contribution < 1.29 is 19.7 Å². The molecule has 1 aliphatic carbocycles. The standard InChI is InChI=1S/C31H34N2O4/c1-37-20-33-25(16-23-12-6-8-14-28(23)33)19-26(34)17-24(15-21-9-3-2-4-10-21)31(36)32-30-27-13-7-5-11-22(27)18-29(30)35/h2-14,16,24,26,29-30,34-35H,15,17-20H2,1H3,(H,32,36)/t24-,26-,29-,30+/m1/s1. The first kappa shape index (κ1) is 25.2. The van der Waals surface area contributed by atoms with Crippen molar-refractivity contribution in [3.8, 4) is 0 Å². The van der Waals surface area contributed by atoms with E-state index < -0.39 is 24.2 Å². The van der Waals surface area contributed by atoms with E-state index in [1.807, 2.05) is 78.9 Å². The molecule has 5 rings (SSSR count). The summed E-state index contributed by atoms with van der Waals surface area (Å²) < 4.78 is 7.49. The van der Waals surface area contributed by atoms with Gasteiger partial charge in [-0.05, 0) is 47.1 Å². The highest BCUT2D eigenvalue weighted by atomic mass is 16.5. The van der Waals surface area contributed by atoms with Crippen LogP contribution in [-0.4, -0.2) is 40.0 Å². The van der Waals surface area contributed by atoms with Crippen LogP contribution in [0.15, 0.2) is 84.9 Å². The minimum Gasteiger partial charge on any atom is -0.393 e. The Morgan fingerprint density at radius 1 is 1.03 bits per heavy atom. The fourth-order valence-electron chi connectivity index (χ4n) is 5.57. The van der Waals surface area contributed by atoms with Crippen LogP contribution in [-0.2, 0) is 35.5 Å². The molecule has 6 heteroatoms. The van der Waals surface area contributed by atoms with Crippen molar-refractivity contribution in [2.24, 2.45) is 5.92 Å². The molecule has 1 aliphatic rings. The van der Waals surface area contributed by atoms with E-state index in [9.17, 15) is 15.0 Å². The summed E-state index contributed by atoms with van der Waals surface area (Å²) in [5, 5.41) is 26.1. The highest BCUT2D eigenvalue weighted by Gasteiger charge is 2.34. The van der Waals surface area contributed by atoms with Crippen LogP contribution in [0.1, 0.15) is 34.8 Å². The molecular formula is C31H34N2O4. The molecule has 0 aliphatic heterocycles. The molecule has 1 amide bonds. The minimum atomic E-state index is -0.722. The number of carbonyl (C=O) groups is 1. The number of fused-ring (bicyclic) bond motifs is 2. The molecule has 6 nitrogen and oxygen atoms in total. The molecule has 1 aromatic heterocycles. The normalized spacial score (nSPS) is 18.5. The molecule has 3 aromatic carbocycles. The molecule has 4 atom stereocenters. The van der Waals surface area contributed by atoms with Crippen LogP contribution < -0.4 is 5.32 Å². The lowest BCUT2D eigenvalue weighted by Gasteiger charge is -2.24. The third kappa shape index (κ3) is 5.62. The fraction of sp³-hybridized carbons (Fsp3) is 0.323. The van der Waals surface area contributed by atoms with Gasteiger partial charge in [0.2, 0.25) is 5.91 Å². The van der Waals surface area contributed by atoms with E-state index in [4.69, 9.17) is 4.74 Å².